The minimum Gasteiger partial charge on any atom is -0.465 e. The third kappa shape index (κ3) is 9.10. The van der Waals surface area contributed by atoms with Gasteiger partial charge in [-0.2, -0.15) is 0 Å². The number of carbonyl (C=O) groups is 3. The van der Waals surface area contributed by atoms with Crippen LogP contribution < -0.4 is 10.6 Å². The van der Waals surface area contributed by atoms with E-state index in [1.165, 1.54) is 7.11 Å². The summed E-state index contributed by atoms with van der Waals surface area (Å²) in [7, 11) is 1.31. The maximum absolute atomic E-state index is 13.0. The van der Waals surface area contributed by atoms with Gasteiger partial charge in [0.1, 0.15) is 6.61 Å². The largest absolute Gasteiger partial charge is 0.465 e. The van der Waals surface area contributed by atoms with E-state index >= 15 is 0 Å². The molecular formula is C32H36N2O6. The summed E-state index contributed by atoms with van der Waals surface area (Å²) in [4.78, 5) is 37.7. The smallest absolute Gasteiger partial charge is 0.408 e. The fraction of sp³-hybridized carbons (Fsp3) is 0.281. The Morgan fingerprint density at radius 2 is 1.48 bits per heavy atom. The molecule has 0 aliphatic carbocycles. The lowest BCUT2D eigenvalue weighted by Gasteiger charge is -2.22. The van der Waals surface area contributed by atoms with Gasteiger partial charge in [0, 0.05) is 0 Å². The second-order valence-electron chi connectivity index (χ2n) is 9.53. The molecular weight excluding hydrogens is 508 g/mol. The molecule has 210 valence electrons. The number of alkyl carbamates (subject to hydrolysis) is 1. The molecule has 0 aromatic heterocycles. The predicted molar refractivity (Wildman–Crippen MR) is 152 cm³/mol. The zero-order valence-corrected chi connectivity index (χ0v) is 23.0. The van der Waals surface area contributed by atoms with Crippen molar-refractivity contribution in [1.29, 1.82) is 0 Å². The molecule has 0 bridgehead atoms. The fourth-order valence-corrected chi connectivity index (χ4v) is 4.23. The van der Waals surface area contributed by atoms with Crippen molar-refractivity contribution >= 4 is 18.0 Å². The Kier molecular flexibility index (Phi) is 11.5. The summed E-state index contributed by atoms with van der Waals surface area (Å²) in [6.45, 7) is 3.47. The average Bonchev–Trinajstić information content (AvgIpc) is 2.99. The molecule has 0 fully saturated rings. The molecule has 0 spiro atoms. The van der Waals surface area contributed by atoms with Gasteiger partial charge in [0.15, 0.2) is 0 Å². The van der Waals surface area contributed by atoms with E-state index in [9.17, 15) is 19.5 Å². The minimum atomic E-state index is -0.626. The summed E-state index contributed by atoms with van der Waals surface area (Å²) < 4.78 is 10.2. The Morgan fingerprint density at radius 1 is 0.875 bits per heavy atom. The van der Waals surface area contributed by atoms with Crippen LogP contribution in [0.5, 0.6) is 0 Å². The van der Waals surface area contributed by atoms with Gasteiger partial charge in [-0.1, -0.05) is 85.8 Å². The van der Waals surface area contributed by atoms with Crippen molar-refractivity contribution in [2.24, 2.45) is 5.92 Å². The first-order chi connectivity index (χ1) is 19.3. The van der Waals surface area contributed by atoms with Crippen LogP contribution in [0.25, 0.3) is 0 Å². The first kappa shape index (κ1) is 30.1. The molecule has 0 radical (unpaired) electrons. The third-order valence-corrected chi connectivity index (χ3v) is 6.41. The molecule has 3 N–H and O–H groups in total. The van der Waals surface area contributed by atoms with Crippen molar-refractivity contribution in [1.82, 2.24) is 10.6 Å². The molecule has 0 aliphatic heterocycles. The molecule has 0 saturated carbocycles. The second-order valence-corrected chi connectivity index (χ2v) is 9.53. The van der Waals surface area contributed by atoms with E-state index < -0.39 is 30.1 Å². The lowest BCUT2D eigenvalue weighted by molar-refractivity contribution is -0.124. The van der Waals surface area contributed by atoms with Crippen molar-refractivity contribution < 1.29 is 29.0 Å². The molecule has 8 heteroatoms. The Labute approximate surface area is 235 Å². The number of esters is 1. The Balaban J connectivity index is 1.74. The van der Waals surface area contributed by atoms with Gasteiger partial charge in [0.25, 0.3) is 0 Å². The zero-order chi connectivity index (χ0) is 28.9. The molecule has 2 amide bonds. The molecule has 1 unspecified atom stereocenters. The quantitative estimate of drug-likeness (QED) is 0.224. The lowest BCUT2D eigenvalue weighted by atomic mass is 9.95. The third-order valence-electron chi connectivity index (χ3n) is 6.41. The van der Waals surface area contributed by atoms with E-state index in [4.69, 9.17) is 9.47 Å². The zero-order valence-electron chi connectivity index (χ0n) is 23.0. The highest BCUT2D eigenvalue weighted by atomic mass is 16.5. The van der Waals surface area contributed by atoms with Crippen molar-refractivity contribution in [2.75, 3.05) is 13.7 Å². The number of nitrogens with one attached hydrogen (secondary N) is 2. The summed E-state index contributed by atoms with van der Waals surface area (Å²) in [5, 5.41) is 15.6. The highest BCUT2D eigenvalue weighted by Gasteiger charge is 2.22. The lowest BCUT2D eigenvalue weighted by Crippen LogP contribution is -2.41. The van der Waals surface area contributed by atoms with E-state index in [0.29, 0.717) is 23.1 Å². The second kappa shape index (κ2) is 15.2. The average molecular weight is 545 g/mol. The van der Waals surface area contributed by atoms with Crippen molar-refractivity contribution in [3.63, 3.8) is 0 Å². The molecule has 3 aromatic carbocycles. The molecule has 40 heavy (non-hydrogen) atoms. The molecule has 0 heterocycles. The van der Waals surface area contributed by atoms with E-state index in [1.54, 1.807) is 37.3 Å². The van der Waals surface area contributed by atoms with Crippen LogP contribution in [0.1, 0.15) is 46.9 Å². The van der Waals surface area contributed by atoms with E-state index in [0.717, 1.165) is 11.1 Å². The van der Waals surface area contributed by atoms with Crippen LogP contribution in [-0.4, -0.2) is 42.8 Å². The molecule has 0 saturated heterocycles. The van der Waals surface area contributed by atoms with E-state index in [-0.39, 0.29) is 19.1 Å². The van der Waals surface area contributed by atoms with Gasteiger partial charge in [0.2, 0.25) is 5.91 Å². The van der Waals surface area contributed by atoms with E-state index in [2.05, 4.69) is 10.6 Å². The monoisotopic (exact) mass is 544 g/mol. The summed E-state index contributed by atoms with van der Waals surface area (Å²) in [6, 6.07) is 24.6. The van der Waals surface area contributed by atoms with Crippen molar-refractivity contribution in [2.45, 2.75) is 39.0 Å². The van der Waals surface area contributed by atoms with Crippen LogP contribution in [0.3, 0.4) is 0 Å². The molecule has 0 aliphatic rings. The minimum absolute atomic E-state index is 0.103. The standard InChI is InChI=1S/C32H36N2O6/c1-22(18-23(2)30(36)33-28(20-35)19-24-10-6-4-7-11-24)29(26-14-16-27(17-15-26)31(37)39-3)34-32(38)40-21-25-12-8-5-9-13-25/h4-18,23,28-29,35H,19-21H2,1-3H3,(H,33,36)(H,34,38)/b22-18+/t23-,28-,29?/m1/s1. The maximum atomic E-state index is 13.0. The van der Waals surface area contributed by atoms with Gasteiger partial charge in [-0.3, -0.25) is 4.79 Å². The molecule has 3 rings (SSSR count). The number of hydrogen-bond acceptors (Lipinski definition) is 6. The Hall–Kier alpha value is -4.43. The molecule has 3 aromatic rings. The van der Waals surface area contributed by atoms with Crippen molar-refractivity contribution in [3.05, 3.63) is 119 Å². The summed E-state index contributed by atoms with van der Waals surface area (Å²) in [5.74, 6) is -1.27. The number of amides is 2. The van der Waals surface area contributed by atoms with Gasteiger partial charge in [-0.15, -0.1) is 0 Å². The number of methoxy groups -OCH3 is 1. The van der Waals surface area contributed by atoms with Crippen LogP contribution in [0.2, 0.25) is 0 Å². The number of aliphatic hydroxyl groups is 1. The summed E-state index contributed by atoms with van der Waals surface area (Å²) in [5.41, 5.74) is 3.63. The number of ether oxygens (including phenoxy) is 2. The van der Waals surface area contributed by atoms with Crippen LogP contribution in [0, 0.1) is 5.92 Å². The predicted octanol–water partition coefficient (Wildman–Crippen LogP) is 4.74. The fourth-order valence-electron chi connectivity index (χ4n) is 4.23. The number of aliphatic hydroxyl groups excluding tert-OH is 1. The number of hydrogen-bond donors (Lipinski definition) is 3. The van der Waals surface area contributed by atoms with Gasteiger partial charge < -0.3 is 25.2 Å². The SMILES string of the molecule is COC(=O)c1ccc(C(NC(=O)OCc2ccccc2)/C(C)=C/[C@@H](C)C(=O)N[C@@H](CO)Cc2ccccc2)cc1. The highest BCUT2D eigenvalue weighted by molar-refractivity contribution is 5.89. The van der Waals surface area contributed by atoms with E-state index in [1.807, 2.05) is 67.6 Å². The van der Waals surface area contributed by atoms with Gasteiger partial charge in [0.05, 0.1) is 37.3 Å². The van der Waals surface area contributed by atoms with Crippen LogP contribution in [0.15, 0.2) is 96.6 Å². The van der Waals surface area contributed by atoms with Gasteiger partial charge in [-0.05, 0) is 47.7 Å². The number of benzene rings is 3. The van der Waals surface area contributed by atoms with Crippen molar-refractivity contribution in [3.8, 4) is 0 Å². The van der Waals surface area contributed by atoms with Crippen LogP contribution >= 0.6 is 0 Å². The van der Waals surface area contributed by atoms with Gasteiger partial charge >= 0.3 is 12.1 Å². The summed E-state index contributed by atoms with van der Waals surface area (Å²) in [6.07, 6.45) is 1.64. The highest BCUT2D eigenvalue weighted by Crippen LogP contribution is 2.24. The van der Waals surface area contributed by atoms with Gasteiger partial charge in [-0.25, -0.2) is 9.59 Å². The molecule has 8 nitrogen and oxygen atoms in total. The first-order valence-corrected chi connectivity index (χ1v) is 13.1. The molecule has 3 atom stereocenters. The first-order valence-electron chi connectivity index (χ1n) is 13.1. The Bertz CT molecular complexity index is 1280. The Morgan fingerprint density at radius 3 is 2.05 bits per heavy atom. The van der Waals surface area contributed by atoms with Crippen LogP contribution in [0.4, 0.5) is 4.79 Å². The normalized spacial score (nSPS) is 13.4. The summed E-state index contributed by atoms with van der Waals surface area (Å²) >= 11 is 0. The topological polar surface area (TPSA) is 114 Å². The number of carbonyl (C=O) groups excluding carboxylic acids is 3. The number of rotatable bonds is 12. The van der Waals surface area contributed by atoms with Crippen LogP contribution in [-0.2, 0) is 27.3 Å². The maximum Gasteiger partial charge on any atom is 0.408 e.